The van der Waals surface area contributed by atoms with Gasteiger partial charge in [-0.1, -0.05) is 6.92 Å². The minimum Gasteiger partial charge on any atom is -0.481 e. The minimum absolute atomic E-state index is 0.0277. The summed E-state index contributed by atoms with van der Waals surface area (Å²) >= 11 is 0. The van der Waals surface area contributed by atoms with Crippen LogP contribution in [0, 0.1) is 5.92 Å². The van der Waals surface area contributed by atoms with Gasteiger partial charge in [-0.2, -0.15) is 13.2 Å². The Balaban J connectivity index is 3.74. The number of amides is 3. The van der Waals surface area contributed by atoms with Gasteiger partial charge in [0.15, 0.2) is 0 Å². The molecule has 1 atom stereocenters. The number of rotatable bonds is 8. The summed E-state index contributed by atoms with van der Waals surface area (Å²) in [5, 5.41) is 12.8. The number of urea groups is 1. The molecule has 122 valence electrons. The summed E-state index contributed by atoms with van der Waals surface area (Å²) in [5.41, 5.74) is 0. The molecule has 0 rings (SSSR count). The van der Waals surface area contributed by atoms with E-state index in [4.69, 9.17) is 5.11 Å². The van der Waals surface area contributed by atoms with E-state index in [2.05, 4.69) is 5.32 Å². The molecule has 0 radical (unpaired) electrons. The van der Waals surface area contributed by atoms with Crippen LogP contribution in [-0.4, -0.2) is 35.7 Å². The van der Waals surface area contributed by atoms with Crippen LogP contribution in [0.4, 0.5) is 18.0 Å². The number of halogens is 3. The maximum absolute atomic E-state index is 11.8. The van der Waals surface area contributed by atoms with Crippen LogP contribution in [0.5, 0.6) is 0 Å². The summed E-state index contributed by atoms with van der Waals surface area (Å²) in [5.74, 6) is -2.08. The Morgan fingerprint density at radius 1 is 1.14 bits per heavy atom. The number of aliphatic carboxylic acids is 1. The van der Waals surface area contributed by atoms with Crippen molar-refractivity contribution in [1.82, 2.24) is 10.6 Å². The van der Waals surface area contributed by atoms with Crippen LogP contribution in [0.25, 0.3) is 0 Å². The van der Waals surface area contributed by atoms with Crippen LogP contribution < -0.4 is 10.6 Å². The van der Waals surface area contributed by atoms with Crippen molar-refractivity contribution in [3.05, 3.63) is 0 Å². The summed E-state index contributed by atoms with van der Waals surface area (Å²) in [7, 11) is 0. The quantitative estimate of drug-likeness (QED) is 0.598. The van der Waals surface area contributed by atoms with Crippen molar-refractivity contribution in [3.8, 4) is 0 Å². The molecule has 0 spiro atoms. The van der Waals surface area contributed by atoms with Gasteiger partial charge in [-0.15, -0.1) is 0 Å². The van der Waals surface area contributed by atoms with Gasteiger partial charge >= 0.3 is 18.2 Å². The topological polar surface area (TPSA) is 95.5 Å². The maximum Gasteiger partial charge on any atom is 0.389 e. The third kappa shape index (κ3) is 13.0. The van der Waals surface area contributed by atoms with Gasteiger partial charge in [-0.05, 0) is 18.8 Å². The van der Waals surface area contributed by atoms with Crippen molar-refractivity contribution in [2.24, 2.45) is 5.92 Å². The third-order valence-corrected chi connectivity index (χ3v) is 2.48. The van der Waals surface area contributed by atoms with Gasteiger partial charge < -0.3 is 10.4 Å². The van der Waals surface area contributed by atoms with E-state index in [0.717, 1.165) is 0 Å². The zero-order chi connectivity index (χ0) is 16.5. The zero-order valence-electron chi connectivity index (χ0n) is 11.6. The molecule has 21 heavy (non-hydrogen) atoms. The predicted octanol–water partition coefficient (Wildman–Crippen LogP) is 2.05. The smallest absolute Gasteiger partial charge is 0.389 e. The number of carboxylic acid groups (broad SMARTS) is 1. The fourth-order valence-corrected chi connectivity index (χ4v) is 1.56. The first-order valence-corrected chi connectivity index (χ1v) is 6.46. The molecule has 0 aliphatic carbocycles. The van der Waals surface area contributed by atoms with Gasteiger partial charge in [-0.25, -0.2) is 4.79 Å². The molecule has 0 saturated carbocycles. The second-order valence-electron chi connectivity index (χ2n) is 4.78. The molecule has 0 bridgehead atoms. The third-order valence-electron chi connectivity index (χ3n) is 2.48. The lowest BCUT2D eigenvalue weighted by atomic mass is 10.0. The second-order valence-corrected chi connectivity index (χ2v) is 4.78. The molecule has 0 saturated heterocycles. The average molecular weight is 312 g/mol. The Morgan fingerprint density at radius 3 is 2.29 bits per heavy atom. The first-order valence-electron chi connectivity index (χ1n) is 6.46. The molecule has 0 aromatic rings. The van der Waals surface area contributed by atoms with Crippen LogP contribution in [-0.2, 0) is 9.59 Å². The van der Waals surface area contributed by atoms with Crippen molar-refractivity contribution in [3.63, 3.8) is 0 Å². The maximum atomic E-state index is 11.8. The molecule has 0 heterocycles. The molecule has 0 aromatic carbocycles. The molecule has 0 aliphatic rings. The zero-order valence-corrected chi connectivity index (χ0v) is 11.6. The van der Waals surface area contributed by atoms with E-state index in [9.17, 15) is 27.6 Å². The van der Waals surface area contributed by atoms with Gasteiger partial charge in [0.1, 0.15) is 0 Å². The van der Waals surface area contributed by atoms with E-state index in [0.29, 0.717) is 0 Å². The lowest BCUT2D eigenvalue weighted by Crippen LogP contribution is -2.40. The fourth-order valence-electron chi connectivity index (χ4n) is 1.56. The molecule has 0 aliphatic heterocycles. The Bertz CT molecular complexity index is 372. The first-order chi connectivity index (χ1) is 9.60. The molecule has 0 fully saturated rings. The highest BCUT2D eigenvalue weighted by molar-refractivity contribution is 5.94. The molecule has 6 nitrogen and oxygen atoms in total. The van der Waals surface area contributed by atoms with Crippen LogP contribution >= 0.6 is 0 Å². The lowest BCUT2D eigenvalue weighted by molar-refractivity contribution is -0.138. The van der Waals surface area contributed by atoms with E-state index in [1.807, 2.05) is 5.32 Å². The Labute approximate surface area is 120 Å². The van der Waals surface area contributed by atoms with Gasteiger partial charge in [0.2, 0.25) is 5.91 Å². The van der Waals surface area contributed by atoms with Crippen LogP contribution in [0.3, 0.4) is 0 Å². The highest BCUT2D eigenvalue weighted by Crippen LogP contribution is 2.21. The van der Waals surface area contributed by atoms with E-state index in [-0.39, 0.29) is 32.2 Å². The Morgan fingerprint density at radius 2 is 1.76 bits per heavy atom. The fraction of sp³-hybridized carbons (Fsp3) is 0.750. The van der Waals surface area contributed by atoms with E-state index in [1.54, 1.807) is 6.92 Å². The SMILES string of the molecule is CC(CC(=O)O)CC(=O)NC(=O)NCCCCC(F)(F)F. The van der Waals surface area contributed by atoms with Gasteiger partial charge in [0.05, 0.1) is 0 Å². The number of nitrogens with one attached hydrogen (secondary N) is 2. The number of hydrogen-bond acceptors (Lipinski definition) is 3. The van der Waals surface area contributed by atoms with Gasteiger partial charge in [0, 0.05) is 25.8 Å². The molecule has 3 amide bonds. The summed E-state index contributed by atoms with van der Waals surface area (Å²) in [6.45, 7) is 1.59. The number of carboxylic acids is 1. The normalized spacial score (nSPS) is 12.6. The predicted molar refractivity (Wildman–Crippen MR) is 67.5 cm³/mol. The number of imide groups is 1. The van der Waals surface area contributed by atoms with Crippen molar-refractivity contribution in [2.75, 3.05) is 6.54 Å². The van der Waals surface area contributed by atoms with Crippen molar-refractivity contribution < 1.29 is 32.7 Å². The molecule has 1 unspecified atom stereocenters. The first kappa shape index (κ1) is 19.2. The van der Waals surface area contributed by atoms with E-state index in [1.165, 1.54) is 0 Å². The van der Waals surface area contributed by atoms with Gasteiger partial charge in [-0.3, -0.25) is 14.9 Å². The summed E-state index contributed by atoms with van der Waals surface area (Å²) in [4.78, 5) is 33.0. The molecule has 0 aromatic heterocycles. The number of hydrogen-bond donors (Lipinski definition) is 3. The van der Waals surface area contributed by atoms with Crippen LogP contribution in [0.2, 0.25) is 0 Å². The van der Waals surface area contributed by atoms with Crippen molar-refractivity contribution >= 4 is 17.9 Å². The molecular formula is C12H19F3N2O4. The average Bonchev–Trinajstić information content (AvgIpc) is 2.24. The van der Waals surface area contributed by atoms with E-state index >= 15 is 0 Å². The standard InChI is InChI=1S/C12H19F3N2O4/c1-8(7-10(19)20)6-9(18)17-11(21)16-5-3-2-4-12(13,14)15/h8H,2-7H2,1H3,(H,19,20)(H2,16,17,18,21). The Hall–Kier alpha value is -1.80. The van der Waals surface area contributed by atoms with Crippen LogP contribution in [0.1, 0.15) is 39.0 Å². The van der Waals surface area contributed by atoms with Crippen molar-refractivity contribution in [1.29, 1.82) is 0 Å². The number of unbranched alkanes of at least 4 members (excludes halogenated alkanes) is 1. The van der Waals surface area contributed by atoms with Crippen LogP contribution in [0.15, 0.2) is 0 Å². The minimum atomic E-state index is -4.21. The largest absolute Gasteiger partial charge is 0.481 e. The number of carbonyl (C=O) groups is 3. The second kappa shape index (κ2) is 9.19. The Kier molecular flexibility index (Phi) is 8.41. The monoisotopic (exact) mass is 312 g/mol. The summed E-state index contributed by atoms with van der Waals surface area (Å²) in [6, 6.07) is -0.797. The van der Waals surface area contributed by atoms with Gasteiger partial charge in [0.25, 0.3) is 0 Å². The van der Waals surface area contributed by atoms with Crippen molar-refractivity contribution in [2.45, 2.75) is 45.2 Å². The summed E-state index contributed by atoms with van der Waals surface area (Å²) < 4.78 is 35.5. The highest BCUT2D eigenvalue weighted by atomic mass is 19.4. The molecule has 9 heteroatoms. The number of carbonyl (C=O) groups excluding carboxylic acids is 2. The molecular weight excluding hydrogens is 293 g/mol. The highest BCUT2D eigenvalue weighted by Gasteiger charge is 2.25. The summed E-state index contributed by atoms with van der Waals surface area (Å²) in [6.07, 6.45) is -5.38. The number of alkyl halides is 3. The van der Waals surface area contributed by atoms with E-state index < -0.39 is 36.4 Å². The molecule has 3 N–H and O–H groups in total. The lowest BCUT2D eigenvalue weighted by Gasteiger charge is -2.10.